The summed E-state index contributed by atoms with van der Waals surface area (Å²) >= 11 is 12.2. The van der Waals surface area contributed by atoms with Crippen LogP contribution in [-0.2, 0) is 7.05 Å². The minimum Gasteiger partial charge on any atom is -0.294 e. The van der Waals surface area contributed by atoms with Gasteiger partial charge in [-0.3, -0.25) is 9.48 Å². The fraction of sp³-hybridized carbons (Fsp3) is 0.412. The van der Waals surface area contributed by atoms with Gasteiger partial charge in [0.25, 0.3) is 6.43 Å². The first kappa shape index (κ1) is 17.4. The number of benzene rings is 1. The van der Waals surface area contributed by atoms with E-state index >= 15 is 0 Å². The van der Waals surface area contributed by atoms with Crippen LogP contribution in [0.5, 0.6) is 0 Å². The number of Topliss-reactive ketones (excluding diaryl/α,β-unsaturated/α-hetero) is 1. The van der Waals surface area contributed by atoms with Gasteiger partial charge >= 0.3 is 0 Å². The molecule has 0 amide bonds. The van der Waals surface area contributed by atoms with Gasteiger partial charge in [-0.05, 0) is 42.4 Å². The highest BCUT2D eigenvalue weighted by Crippen LogP contribution is 2.47. The molecular weight excluding hydrogens is 357 g/mol. The molecule has 0 spiro atoms. The van der Waals surface area contributed by atoms with Crippen molar-refractivity contribution in [2.75, 3.05) is 0 Å². The summed E-state index contributed by atoms with van der Waals surface area (Å²) in [7, 11) is 1.53. The second kappa shape index (κ2) is 6.81. The van der Waals surface area contributed by atoms with E-state index in [1.807, 2.05) is 6.07 Å². The third-order valence-electron chi connectivity index (χ3n) is 4.59. The van der Waals surface area contributed by atoms with Crippen molar-refractivity contribution in [1.82, 2.24) is 9.78 Å². The summed E-state index contributed by atoms with van der Waals surface area (Å²) in [5, 5.41) is 4.84. The molecule has 1 aliphatic rings. The Hall–Kier alpha value is -1.46. The molecule has 2 atom stereocenters. The Balaban J connectivity index is 1.76. The fourth-order valence-corrected chi connectivity index (χ4v) is 3.80. The predicted molar refractivity (Wildman–Crippen MR) is 89.0 cm³/mol. The van der Waals surface area contributed by atoms with Crippen molar-refractivity contribution in [2.24, 2.45) is 13.0 Å². The van der Waals surface area contributed by atoms with E-state index in [-0.39, 0.29) is 29.6 Å². The molecule has 1 saturated carbocycles. The molecule has 1 heterocycles. The SMILES string of the molecule is Cn1cc(C(=O)CC2CCC2c2ccc(Cl)cc2Cl)c(C(F)F)n1. The Kier molecular flexibility index (Phi) is 4.92. The zero-order valence-electron chi connectivity index (χ0n) is 13.0. The Morgan fingerprint density at radius 3 is 2.71 bits per heavy atom. The molecule has 1 aromatic heterocycles. The third kappa shape index (κ3) is 3.33. The van der Waals surface area contributed by atoms with Crippen LogP contribution >= 0.6 is 23.2 Å². The van der Waals surface area contributed by atoms with Crippen LogP contribution < -0.4 is 0 Å². The highest BCUT2D eigenvalue weighted by atomic mass is 35.5. The van der Waals surface area contributed by atoms with Gasteiger partial charge in [0, 0.05) is 29.7 Å². The monoisotopic (exact) mass is 372 g/mol. The van der Waals surface area contributed by atoms with Crippen molar-refractivity contribution in [1.29, 1.82) is 0 Å². The maximum absolute atomic E-state index is 13.0. The number of aromatic nitrogens is 2. The van der Waals surface area contributed by atoms with Gasteiger partial charge in [-0.1, -0.05) is 29.3 Å². The fourth-order valence-electron chi connectivity index (χ4n) is 3.25. The molecule has 0 N–H and O–H groups in total. The van der Waals surface area contributed by atoms with E-state index in [1.165, 1.54) is 17.9 Å². The van der Waals surface area contributed by atoms with Gasteiger partial charge < -0.3 is 0 Å². The molecule has 2 unspecified atom stereocenters. The first-order chi connectivity index (χ1) is 11.4. The van der Waals surface area contributed by atoms with E-state index < -0.39 is 12.1 Å². The van der Waals surface area contributed by atoms with E-state index in [4.69, 9.17) is 23.2 Å². The van der Waals surface area contributed by atoms with E-state index in [0.717, 1.165) is 18.4 Å². The molecule has 1 aliphatic carbocycles. The summed E-state index contributed by atoms with van der Waals surface area (Å²) in [4.78, 5) is 12.5. The Morgan fingerprint density at radius 1 is 1.38 bits per heavy atom. The van der Waals surface area contributed by atoms with Crippen LogP contribution in [-0.4, -0.2) is 15.6 Å². The number of hydrogen-bond donors (Lipinski definition) is 0. The van der Waals surface area contributed by atoms with Gasteiger partial charge in [-0.15, -0.1) is 0 Å². The Labute approximate surface area is 148 Å². The number of carbonyl (C=O) groups is 1. The number of rotatable bonds is 5. The van der Waals surface area contributed by atoms with Gasteiger partial charge in [0.2, 0.25) is 0 Å². The van der Waals surface area contributed by atoms with Gasteiger partial charge in [-0.2, -0.15) is 5.10 Å². The molecule has 1 fully saturated rings. The molecule has 0 saturated heterocycles. The molecule has 0 bridgehead atoms. The van der Waals surface area contributed by atoms with Crippen molar-refractivity contribution in [3.8, 4) is 0 Å². The minimum atomic E-state index is -2.76. The molecule has 1 aromatic carbocycles. The van der Waals surface area contributed by atoms with E-state index in [0.29, 0.717) is 10.0 Å². The molecule has 2 aromatic rings. The standard InChI is InChI=1S/C17H16Cl2F2N2O/c1-23-8-13(16(22-23)17(20)21)15(24)6-9-2-4-11(9)12-5-3-10(18)7-14(12)19/h3,5,7-9,11,17H,2,4,6H2,1H3. The third-order valence-corrected chi connectivity index (χ3v) is 5.15. The van der Waals surface area contributed by atoms with Crippen LogP contribution in [0.3, 0.4) is 0 Å². The number of hydrogen-bond acceptors (Lipinski definition) is 2. The molecular formula is C17H16Cl2F2N2O. The normalized spacial score (nSPS) is 20.2. The predicted octanol–water partition coefficient (Wildman–Crippen LogP) is 5.43. The average Bonchev–Trinajstić information content (AvgIpc) is 2.88. The largest absolute Gasteiger partial charge is 0.294 e. The molecule has 3 rings (SSSR count). The average molecular weight is 373 g/mol. The summed E-state index contributed by atoms with van der Waals surface area (Å²) in [5.74, 6) is -0.0366. The maximum Gasteiger partial charge on any atom is 0.282 e. The molecule has 0 radical (unpaired) electrons. The van der Waals surface area contributed by atoms with Crippen LogP contribution in [0.4, 0.5) is 8.78 Å². The molecule has 3 nitrogen and oxygen atoms in total. The topological polar surface area (TPSA) is 34.9 Å². The highest BCUT2D eigenvalue weighted by Gasteiger charge is 2.36. The lowest BCUT2D eigenvalue weighted by Crippen LogP contribution is -2.26. The first-order valence-corrected chi connectivity index (χ1v) is 8.42. The smallest absolute Gasteiger partial charge is 0.282 e. The van der Waals surface area contributed by atoms with E-state index in [1.54, 1.807) is 12.1 Å². The van der Waals surface area contributed by atoms with Gasteiger partial charge in [0.1, 0.15) is 5.69 Å². The molecule has 128 valence electrons. The highest BCUT2D eigenvalue weighted by molar-refractivity contribution is 6.35. The van der Waals surface area contributed by atoms with Crippen LogP contribution in [0.15, 0.2) is 24.4 Å². The summed E-state index contributed by atoms with van der Waals surface area (Å²) in [6.45, 7) is 0. The number of carbonyl (C=O) groups excluding carboxylic acids is 1. The lowest BCUT2D eigenvalue weighted by atomic mass is 9.67. The zero-order valence-corrected chi connectivity index (χ0v) is 14.5. The number of nitrogens with zero attached hydrogens (tertiary/aromatic N) is 2. The minimum absolute atomic E-state index is 0.0142. The summed E-state index contributed by atoms with van der Waals surface area (Å²) in [5.41, 5.74) is 0.536. The second-order valence-corrected chi connectivity index (χ2v) is 6.98. The van der Waals surface area contributed by atoms with Crippen LogP contribution in [0, 0.1) is 5.92 Å². The lowest BCUT2D eigenvalue weighted by molar-refractivity contribution is 0.0905. The summed E-state index contributed by atoms with van der Waals surface area (Å²) < 4.78 is 27.3. The number of aryl methyl sites for hydroxylation is 1. The number of ketones is 1. The van der Waals surface area contributed by atoms with Gasteiger partial charge in [0.05, 0.1) is 5.56 Å². The lowest BCUT2D eigenvalue weighted by Gasteiger charge is -2.37. The maximum atomic E-state index is 13.0. The van der Waals surface area contributed by atoms with Gasteiger partial charge in [0.15, 0.2) is 5.78 Å². The van der Waals surface area contributed by atoms with Crippen molar-refractivity contribution in [2.45, 2.75) is 31.6 Å². The van der Waals surface area contributed by atoms with Crippen LogP contribution in [0.2, 0.25) is 10.0 Å². The van der Waals surface area contributed by atoms with E-state index in [9.17, 15) is 13.6 Å². The molecule has 7 heteroatoms. The van der Waals surface area contributed by atoms with E-state index in [2.05, 4.69) is 5.10 Å². The van der Waals surface area contributed by atoms with Crippen molar-refractivity contribution in [3.05, 3.63) is 51.3 Å². The first-order valence-electron chi connectivity index (χ1n) is 7.66. The Bertz CT molecular complexity index is 776. The molecule has 24 heavy (non-hydrogen) atoms. The van der Waals surface area contributed by atoms with Crippen molar-refractivity contribution < 1.29 is 13.6 Å². The van der Waals surface area contributed by atoms with Gasteiger partial charge in [-0.25, -0.2) is 8.78 Å². The number of halogens is 4. The summed E-state index contributed by atoms with van der Waals surface area (Å²) in [6, 6.07) is 5.34. The second-order valence-electron chi connectivity index (χ2n) is 6.14. The quantitative estimate of drug-likeness (QED) is 0.655. The van der Waals surface area contributed by atoms with Crippen LogP contribution in [0.1, 0.15) is 53.2 Å². The zero-order chi connectivity index (χ0) is 17.4. The number of alkyl halides is 2. The Morgan fingerprint density at radius 2 is 2.12 bits per heavy atom. The summed E-state index contributed by atoms with van der Waals surface area (Å²) in [6.07, 6.45) is 0.628. The van der Waals surface area contributed by atoms with Crippen molar-refractivity contribution in [3.63, 3.8) is 0 Å². The van der Waals surface area contributed by atoms with Crippen molar-refractivity contribution >= 4 is 29.0 Å². The van der Waals surface area contributed by atoms with Crippen LogP contribution in [0.25, 0.3) is 0 Å². The molecule has 0 aliphatic heterocycles.